The average Bonchev–Trinajstić information content (AvgIpc) is 2.62. The van der Waals surface area contributed by atoms with Crippen LogP contribution in [0.4, 0.5) is 8.78 Å². The van der Waals surface area contributed by atoms with Crippen LogP contribution in [0.15, 0.2) is 30.3 Å². The summed E-state index contributed by atoms with van der Waals surface area (Å²) in [5.41, 5.74) is 1.28. The van der Waals surface area contributed by atoms with Gasteiger partial charge >= 0.3 is 0 Å². The van der Waals surface area contributed by atoms with E-state index in [1.165, 1.54) is 18.2 Å². The molecule has 2 aromatic rings. The predicted molar refractivity (Wildman–Crippen MR) is 84.5 cm³/mol. The van der Waals surface area contributed by atoms with Gasteiger partial charge in [-0.2, -0.15) is 5.26 Å². The van der Waals surface area contributed by atoms with E-state index in [2.05, 4.69) is 10.3 Å². The summed E-state index contributed by atoms with van der Waals surface area (Å²) in [5, 5.41) is 12.0. The van der Waals surface area contributed by atoms with E-state index in [-0.39, 0.29) is 29.5 Å². The van der Waals surface area contributed by atoms with Crippen LogP contribution >= 0.6 is 0 Å². The zero-order chi connectivity index (χ0) is 16.9. The number of benzene rings is 1. The van der Waals surface area contributed by atoms with E-state index in [1.54, 1.807) is 6.07 Å². The van der Waals surface area contributed by atoms with Crippen molar-refractivity contribution in [2.75, 3.05) is 13.1 Å². The number of halogens is 2. The highest BCUT2D eigenvalue weighted by Crippen LogP contribution is 2.26. The van der Waals surface area contributed by atoms with Gasteiger partial charge in [-0.05, 0) is 50.2 Å². The van der Waals surface area contributed by atoms with E-state index < -0.39 is 11.6 Å². The van der Waals surface area contributed by atoms with E-state index in [4.69, 9.17) is 10.00 Å². The molecule has 1 fully saturated rings. The summed E-state index contributed by atoms with van der Waals surface area (Å²) in [6, 6.07) is 8.98. The third-order valence-corrected chi connectivity index (χ3v) is 4.14. The Labute approximate surface area is 139 Å². The monoisotopic (exact) mass is 329 g/mol. The third-order valence-electron chi connectivity index (χ3n) is 4.14. The summed E-state index contributed by atoms with van der Waals surface area (Å²) in [7, 11) is 0. The Morgan fingerprint density at radius 3 is 2.67 bits per heavy atom. The zero-order valence-corrected chi connectivity index (χ0v) is 13.1. The molecule has 4 nitrogen and oxygen atoms in total. The minimum Gasteiger partial charge on any atom is -0.471 e. The summed E-state index contributed by atoms with van der Waals surface area (Å²) < 4.78 is 33.2. The number of hydrogen-bond acceptors (Lipinski definition) is 4. The lowest BCUT2D eigenvalue weighted by Gasteiger charge is -2.22. The molecule has 24 heavy (non-hydrogen) atoms. The van der Waals surface area contributed by atoms with E-state index in [0.717, 1.165) is 37.7 Å². The van der Waals surface area contributed by atoms with E-state index in [0.29, 0.717) is 0 Å². The van der Waals surface area contributed by atoms with Crippen molar-refractivity contribution in [3.63, 3.8) is 0 Å². The van der Waals surface area contributed by atoms with Crippen LogP contribution in [0, 0.1) is 23.0 Å². The number of ether oxygens (including phenoxy) is 1. The van der Waals surface area contributed by atoms with Gasteiger partial charge in [0.2, 0.25) is 0 Å². The van der Waals surface area contributed by atoms with Crippen molar-refractivity contribution in [1.82, 2.24) is 10.3 Å². The van der Waals surface area contributed by atoms with E-state index in [1.807, 2.05) is 6.07 Å². The van der Waals surface area contributed by atoms with Gasteiger partial charge in [0.25, 0.3) is 5.88 Å². The fraction of sp³-hybridized carbons (Fsp3) is 0.333. The Balaban J connectivity index is 1.74. The first kappa shape index (κ1) is 16.3. The smallest absolute Gasteiger partial charge is 0.250 e. The van der Waals surface area contributed by atoms with Crippen molar-refractivity contribution in [2.24, 2.45) is 0 Å². The highest BCUT2D eigenvalue weighted by Gasteiger charge is 2.18. The van der Waals surface area contributed by atoms with Crippen LogP contribution in [0.2, 0.25) is 0 Å². The number of nitriles is 1. The molecule has 0 unspecified atom stereocenters. The molecule has 2 heterocycles. The number of nitrogens with zero attached hydrogens (tertiary/aromatic N) is 2. The highest BCUT2D eigenvalue weighted by atomic mass is 19.1. The molecule has 6 heteroatoms. The van der Waals surface area contributed by atoms with Crippen molar-refractivity contribution in [2.45, 2.75) is 25.4 Å². The maximum Gasteiger partial charge on any atom is 0.250 e. The fourth-order valence-corrected chi connectivity index (χ4v) is 2.76. The zero-order valence-electron chi connectivity index (χ0n) is 13.1. The molecule has 0 amide bonds. The highest BCUT2D eigenvalue weighted by molar-refractivity contribution is 5.33. The van der Waals surface area contributed by atoms with Gasteiger partial charge in [-0.3, -0.25) is 0 Å². The largest absolute Gasteiger partial charge is 0.471 e. The maximum atomic E-state index is 13.9. The standard InChI is InChI=1S/C18H17F2N3O/c19-15-3-4-17(13-5-7-22-8-6-13)23-18(15)24-11-14-2-1-12(10-21)9-16(14)20/h1-4,9,13,22H,5-8,11H2. The molecule has 1 N–H and O–H groups in total. The second-order valence-corrected chi connectivity index (χ2v) is 5.75. The molecule has 0 saturated carbocycles. The summed E-state index contributed by atoms with van der Waals surface area (Å²) in [4.78, 5) is 4.27. The molecular weight excluding hydrogens is 312 g/mol. The SMILES string of the molecule is N#Cc1ccc(COc2nc(C3CCNCC3)ccc2F)c(F)c1. The summed E-state index contributed by atoms with van der Waals surface area (Å²) >= 11 is 0. The molecule has 1 saturated heterocycles. The van der Waals surface area contributed by atoms with Crippen molar-refractivity contribution >= 4 is 0 Å². The Morgan fingerprint density at radius 2 is 1.96 bits per heavy atom. The Kier molecular flexibility index (Phi) is 5.02. The van der Waals surface area contributed by atoms with Crippen molar-refractivity contribution < 1.29 is 13.5 Å². The minimum atomic E-state index is -0.568. The van der Waals surface area contributed by atoms with Gasteiger partial charge in [0, 0.05) is 17.2 Å². The molecule has 0 aliphatic carbocycles. The Hall–Kier alpha value is -2.52. The molecule has 0 atom stereocenters. The number of nitrogens with one attached hydrogen (secondary N) is 1. The van der Waals surface area contributed by atoms with Gasteiger partial charge in [-0.15, -0.1) is 0 Å². The van der Waals surface area contributed by atoms with Gasteiger partial charge in [-0.1, -0.05) is 6.07 Å². The number of pyridine rings is 1. The van der Waals surface area contributed by atoms with Gasteiger partial charge < -0.3 is 10.1 Å². The van der Waals surface area contributed by atoms with Gasteiger partial charge in [0.15, 0.2) is 5.82 Å². The number of hydrogen-bond donors (Lipinski definition) is 1. The summed E-state index contributed by atoms with van der Waals surface area (Å²) in [6.07, 6.45) is 1.89. The summed E-state index contributed by atoms with van der Waals surface area (Å²) in [6.45, 7) is 1.68. The molecule has 3 rings (SSSR count). The third kappa shape index (κ3) is 3.69. The van der Waals surface area contributed by atoms with Crippen molar-refractivity contribution in [3.8, 4) is 11.9 Å². The molecule has 124 valence electrons. The maximum absolute atomic E-state index is 13.9. The van der Waals surface area contributed by atoms with Gasteiger partial charge in [0.05, 0.1) is 11.6 Å². The van der Waals surface area contributed by atoms with E-state index >= 15 is 0 Å². The van der Waals surface area contributed by atoms with Crippen LogP contribution in [-0.4, -0.2) is 18.1 Å². The minimum absolute atomic E-state index is 0.116. The van der Waals surface area contributed by atoms with Crippen LogP contribution in [0.5, 0.6) is 5.88 Å². The number of piperidine rings is 1. The van der Waals surface area contributed by atoms with Crippen LogP contribution in [-0.2, 0) is 6.61 Å². The fourth-order valence-electron chi connectivity index (χ4n) is 2.76. The molecule has 0 radical (unpaired) electrons. The number of aromatic nitrogens is 1. The molecule has 0 spiro atoms. The first-order valence-electron chi connectivity index (χ1n) is 7.86. The van der Waals surface area contributed by atoms with Gasteiger partial charge in [-0.25, -0.2) is 13.8 Å². The lowest BCUT2D eigenvalue weighted by molar-refractivity contribution is 0.270. The normalized spacial score (nSPS) is 15.0. The number of rotatable bonds is 4. The second-order valence-electron chi connectivity index (χ2n) is 5.75. The molecule has 1 aromatic heterocycles. The molecule has 0 bridgehead atoms. The Bertz CT molecular complexity index is 767. The molecule has 1 aromatic carbocycles. The van der Waals surface area contributed by atoms with Crippen LogP contribution in [0.3, 0.4) is 0 Å². The van der Waals surface area contributed by atoms with Gasteiger partial charge in [0.1, 0.15) is 12.4 Å². The first-order chi connectivity index (χ1) is 11.7. The topological polar surface area (TPSA) is 57.9 Å². The molecular formula is C18H17F2N3O. The van der Waals surface area contributed by atoms with Crippen LogP contribution in [0.25, 0.3) is 0 Å². The molecule has 1 aliphatic rings. The van der Waals surface area contributed by atoms with Crippen LogP contribution in [0.1, 0.15) is 35.6 Å². The summed E-state index contributed by atoms with van der Waals surface area (Å²) in [5.74, 6) is -0.957. The van der Waals surface area contributed by atoms with Crippen molar-refractivity contribution in [3.05, 3.63) is 58.8 Å². The second kappa shape index (κ2) is 7.37. The first-order valence-corrected chi connectivity index (χ1v) is 7.86. The predicted octanol–water partition coefficient (Wildman–Crippen LogP) is 3.28. The average molecular weight is 329 g/mol. The lowest BCUT2D eigenvalue weighted by Crippen LogP contribution is -2.27. The lowest BCUT2D eigenvalue weighted by atomic mass is 9.94. The Morgan fingerprint density at radius 1 is 1.17 bits per heavy atom. The molecule has 1 aliphatic heterocycles. The van der Waals surface area contributed by atoms with E-state index in [9.17, 15) is 8.78 Å². The quantitative estimate of drug-likeness (QED) is 0.935. The van der Waals surface area contributed by atoms with Crippen molar-refractivity contribution in [1.29, 1.82) is 5.26 Å². The van der Waals surface area contributed by atoms with Crippen LogP contribution < -0.4 is 10.1 Å².